The zero-order valence-corrected chi connectivity index (χ0v) is 23.3. The van der Waals surface area contributed by atoms with Crippen molar-refractivity contribution in [3.05, 3.63) is 59.8 Å². The number of aryl methyl sites for hydroxylation is 1. The Kier molecular flexibility index (Phi) is 8.98. The van der Waals surface area contributed by atoms with E-state index in [0.29, 0.717) is 54.0 Å². The third-order valence-corrected chi connectivity index (χ3v) is 7.01. The molecule has 0 saturated heterocycles. The van der Waals surface area contributed by atoms with E-state index in [1.165, 1.54) is 0 Å². The van der Waals surface area contributed by atoms with Crippen LogP contribution >= 0.6 is 0 Å². The number of nitrogens with one attached hydrogen (secondary N) is 2. The van der Waals surface area contributed by atoms with E-state index in [0.717, 1.165) is 30.9 Å². The number of carbonyl (C=O) groups excluding carboxylic acids is 2. The van der Waals surface area contributed by atoms with Crippen molar-refractivity contribution in [2.75, 3.05) is 62.0 Å². The second-order valence-corrected chi connectivity index (χ2v) is 9.37. The van der Waals surface area contributed by atoms with Gasteiger partial charge in [-0.2, -0.15) is 4.98 Å². The van der Waals surface area contributed by atoms with Crippen LogP contribution in [0.2, 0.25) is 0 Å². The Morgan fingerprint density at radius 3 is 2.62 bits per heavy atom. The standard InChI is InChI=1S/C29H37N7O3/c1-6-35(7-2)17-15-30-28(38)21-12-13-22(25(18-21)39-5)32-29-31-19-24-27(33-29)36(16-14-26(37)34(24)4)23-11-9-8-10-20(23)3/h8-13,18-19H,6-7,14-17H2,1-5H3,(H,30,38)(H,31,32,33). The Bertz CT molecular complexity index is 1330. The number of rotatable bonds is 10. The number of methoxy groups -OCH3 is 1. The summed E-state index contributed by atoms with van der Waals surface area (Å²) in [4.78, 5) is 40.6. The molecule has 0 radical (unpaired) electrons. The van der Waals surface area contributed by atoms with Crippen molar-refractivity contribution in [2.24, 2.45) is 0 Å². The molecular formula is C29H37N7O3. The summed E-state index contributed by atoms with van der Waals surface area (Å²) >= 11 is 0. The highest BCUT2D eigenvalue weighted by molar-refractivity contribution is 5.98. The number of ether oxygens (including phenoxy) is 1. The topological polar surface area (TPSA) is 103 Å². The number of anilines is 5. The summed E-state index contributed by atoms with van der Waals surface area (Å²) in [6, 6.07) is 13.3. The highest BCUT2D eigenvalue weighted by atomic mass is 16.5. The number of amides is 2. The number of likely N-dealkylation sites (N-methyl/N-ethyl adjacent to an activating group) is 1. The Morgan fingerprint density at radius 2 is 1.90 bits per heavy atom. The summed E-state index contributed by atoms with van der Waals surface area (Å²) in [6.07, 6.45) is 2.01. The summed E-state index contributed by atoms with van der Waals surface area (Å²) in [7, 11) is 3.30. The highest BCUT2D eigenvalue weighted by Crippen LogP contribution is 2.37. The molecule has 206 valence electrons. The van der Waals surface area contributed by atoms with Crippen LogP contribution in [0.1, 0.15) is 36.2 Å². The van der Waals surface area contributed by atoms with Crippen LogP contribution in [-0.2, 0) is 4.79 Å². The maximum atomic E-state index is 12.7. The fraction of sp³-hybridized carbons (Fsp3) is 0.379. The zero-order chi connectivity index (χ0) is 27.9. The normalized spacial score (nSPS) is 13.2. The first-order chi connectivity index (χ1) is 18.9. The quantitative estimate of drug-likeness (QED) is 0.403. The van der Waals surface area contributed by atoms with Gasteiger partial charge in [0.1, 0.15) is 11.4 Å². The molecule has 3 aromatic rings. The summed E-state index contributed by atoms with van der Waals surface area (Å²) in [5, 5.41) is 6.20. The predicted molar refractivity (Wildman–Crippen MR) is 155 cm³/mol. The van der Waals surface area contributed by atoms with Gasteiger partial charge in [-0.1, -0.05) is 32.0 Å². The highest BCUT2D eigenvalue weighted by Gasteiger charge is 2.27. The molecule has 0 fully saturated rings. The number of carbonyl (C=O) groups is 2. The molecule has 2 heterocycles. The molecule has 2 amide bonds. The second-order valence-electron chi connectivity index (χ2n) is 9.37. The molecule has 0 unspecified atom stereocenters. The van der Waals surface area contributed by atoms with Gasteiger partial charge in [-0.3, -0.25) is 9.59 Å². The van der Waals surface area contributed by atoms with Crippen molar-refractivity contribution in [1.82, 2.24) is 20.2 Å². The van der Waals surface area contributed by atoms with E-state index < -0.39 is 0 Å². The lowest BCUT2D eigenvalue weighted by Gasteiger charge is -2.26. The zero-order valence-electron chi connectivity index (χ0n) is 23.3. The third-order valence-electron chi connectivity index (χ3n) is 7.01. The predicted octanol–water partition coefficient (Wildman–Crippen LogP) is 4.11. The van der Waals surface area contributed by atoms with Crippen molar-refractivity contribution in [3.8, 4) is 5.75 Å². The molecule has 10 nitrogen and oxygen atoms in total. The molecule has 0 bridgehead atoms. The summed E-state index contributed by atoms with van der Waals surface area (Å²) in [6.45, 7) is 10.0. The van der Waals surface area contributed by atoms with Crippen LogP contribution in [-0.4, -0.2) is 73.6 Å². The number of hydrogen-bond donors (Lipinski definition) is 2. The minimum absolute atomic E-state index is 0.00396. The van der Waals surface area contributed by atoms with Gasteiger partial charge in [-0.15, -0.1) is 0 Å². The van der Waals surface area contributed by atoms with E-state index >= 15 is 0 Å². The number of aromatic nitrogens is 2. The molecule has 0 atom stereocenters. The molecular weight excluding hydrogens is 494 g/mol. The molecule has 1 aliphatic heterocycles. The molecule has 2 aromatic carbocycles. The average Bonchev–Trinajstić information content (AvgIpc) is 3.07. The fourth-order valence-corrected chi connectivity index (χ4v) is 4.60. The minimum atomic E-state index is -0.158. The van der Waals surface area contributed by atoms with Gasteiger partial charge >= 0.3 is 0 Å². The molecule has 2 N–H and O–H groups in total. The number of fused-ring (bicyclic) bond motifs is 1. The van der Waals surface area contributed by atoms with Gasteiger partial charge in [0, 0.05) is 44.4 Å². The van der Waals surface area contributed by atoms with Crippen LogP contribution in [0.25, 0.3) is 0 Å². The number of nitrogens with zero attached hydrogens (tertiary/aromatic N) is 5. The molecule has 0 saturated carbocycles. The Labute approximate surface area is 230 Å². The lowest BCUT2D eigenvalue weighted by atomic mass is 10.1. The number of para-hydroxylation sites is 1. The fourth-order valence-electron chi connectivity index (χ4n) is 4.60. The van der Waals surface area contributed by atoms with E-state index in [1.807, 2.05) is 31.2 Å². The lowest BCUT2D eigenvalue weighted by Crippen LogP contribution is -2.34. The van der Waals surface area contributed by atoms with Crippen LogP contribution in [0.5, 0.6) is 5.75 Å². The largest absolute Gasteiger partial charge is 0.495 e. The van der Waals surface area contributed by atoms with E-state index in [4.69, 9.17) is 9.72 Å². The van der Waals surface area contributed by atoms with Gasteiger partial charge in [0.15, 0.2) is 5.82 Å². The van der Waals surface area contributed by atoms with Gasteiger partial charge in [-0.25, -0.2) is 4.98 Å². The van der Waals surface area contributed by atoms with Crippen molar-refractivity contribution in [2.45, 2.75) is 27.2 Å². The van der Waals surface area contributed by atoms with Crippen LogP contribution in [0.3, 0.4) is 0 Å². The van der Waals surface area contributed by atoms with Gasteiger partial charge < -0.3 is 30.1 Å². The first-order valence-electron chi connectivity index (χ1n) is 13.3. The van der Waals surface area contributed by atoms with Crippen LogP contribution in [0.4, 0.5) is 28.8 Å². The summed E-state index contributed by atoms with van der Waals surface area (Å²) < 4.78 is 5.59. The van der Waals surface area contributed by atoms with Crippen LogP contribution in [0.15, 0.2) is 48.7 Å². The smallest absolute Gasteiger partial charge is 0.251 e. The summed E-state index contributed by atoms with van der Waals surface area (Å²) in [5.41, 5.74) is 3.83. The molecule has 1 aliphatic rings. The number of benzene rings is 2. The first kappa shape index (κ1) is 27.8. The van der Waals surface area contributed by atoms with Crippen molar-refractivity contribution < 1.29 is 14.3 Å². The van der Waals surface area contributed by atoms with Crippen LogP contribution in [0, 0.1) is 6.92 Å². The van der Waals surface area contributed by atoms with Gasteiger partial charge in [0.25, 0.3) is 5.91 Å². The molecule has 4 rings (SSSR count). The Hall–Kier alpha value is -4.18. The number of hydrogen-bond acceptors (Lipinski definition) is 8. The van der Waals surface area contributed by atoms with E-state index in [-0.39, 0.29) is 11.8 Å². The van der Waals surface area contributed by atoms with Crippen molar-refractivity contribution in [3.63, 3.8) is 0 Å². The minimum Gasteiger partial charge on any atom is -0.495 e. The van der Waals surface area contributed by atoms with Gasteiger partial charge in [0.05, 0.1) is 19.0 Å². The Balaban J connectivity index is 1.58. The maximum Gasteiger partial charge on any atom is 0.251 e. The van der Waals surface area contributed by atoms with E-state index in [2.05, 4.69) is 39.3 Å². The van der Waals surface area contributed by atoms with E-state index in [9.17, 15) is 9.59 Å². The second kappa shape index (κ2) is 12.6. The summed E-state index contributed by atoms with van der Waals surface area (Å²) in [5.74, 6) is 1.33. The van der Waals surface area contributed by atoms with Gasteiger partial charge in [-0.05, 0) is 49.8 Å². The first-order valence-corrected chi connectivity index (χ1v) is 13.3. The maximum absolute atomic E-state index is 12.7. The molecule has 1 aromatic heterocycles. The molecule has 0 spiro atoms. The molecule has 39 heavy (non-hydrogen) atoms. The van der Waals surface area contributed by atoms with Crippen molar-refractivity contribution in [1.29, 1.82) is 0 Å². The van der Waals surface area contributed by atoms with Gasteiger partial charge in [0.2, 0.25) is 11.9 Å². The average molecular weight is 532 g/mol. The van der Waals surface area contributed by atoms with Crippen molar-refractivity contribution >= 4 is 40.6 Å². The molecule has 0 aliphatic carbocycles. The Morgan fingerprint density at radius 1 is 1.13 bits per heavy atom. The van der Waals surface area contributed by atoms with E-state index in [1.54, 1.807) is 43.5 Å². The third kappa shape index (κ3) is 6.28. The van der Waals surface area contributed by atoms with Crippen LogP contribution < -0.4 is 25.2 Å². The lowest BCUT2D eigenvalue weighted by molar-refractivity contribution is -0.118. The monoisotopic (exact) mass is 531 g/mol. The SMILES string of the molecule is CCN(CC)CCNC(=O)c1ccc(Nc2ncc3c(n2)N(c2ccccc2C)CCC(=O)N3C)c(OC)c1. The molecule has 10 heteroatoms.